The summed E-state index contributed by atoms with van der Waals surface area (Å²) >= 11 is 0. The van der Waals surface area contributed by atoms with E-state index >= 15 is 0 Å². The van der Waals surface area contributed by atoms with Crippen LogP contribution in [0.15, 0.2) is 24.8 Å². The average molecular weight is 191 g/mol. The van der Waals surface area contributed by atoms with Crippen molar-refractivity contribution in [3.63, 3.8) is 0 Å². The molecule has 0 amide bonds. The standard InChI is InChI=1S/C9H13N5/c1-14-5-4-13-9(14)7-10-6-8-11-2-3-12-8/h2-5,10H,6-7H2,1H3,(H,11,12). The molecule has 0 aromatic carbocycles. The summed E-state index contributed by atoms with van der Waals surface area (Å²) in [6.45, 7) is 1.49. The number of rotatable bonds is 4. The highest BCUT2D eigenvalue weighted by Crippen LogP contribution is 1.94. The zero-order chi connectivity index (χ0) is 9.80. The summed E-state index contributed by atoms with van der Waals surface area (Å²) in [6.07, 6.45) is 7.30. The summed E-state index contributed by atoms with van der Waals surface area (Å²) in [5.74, 6) is 1.97. The van der Waals surface area contributed by atoms with Crippen LogP contribution in [0, 0.1) is 0 Å². The van der Waals surface area contributed by atoms with Crippen LogP contribution in [0.2, 0.25) is 0 Å². The predicted molar refractivity (Wildman–Crippen MR) is 52.3 cm³/mol. The highest BCUT2D eigenvalue weighted by molar-refractivity contribution is 4.91. The van der Waals surface area contributed by atoms with Gasteiger partial charge < -0.3 is 14.9 Å². The number of nitrogens with one attached hydrogen (secondary N) is 2. The Morgan fingerprint density at radius 2 is 2.29 bits per heavy atom. The van der Waals surface area contributed by atoms with Gasteiger partial charge in [-0.15, -0.1) is 0 Å². The fourth-order valence-corrected chi connectivity index (χ4v) is 1.25. The van der Waals surface area contributed by atoms with E-state index in [0.29, 0.717) is 0 Å². The molecule has 0 spiro atoms. The Morgan fingerprint density at radius 1 is 1.36 bits per heavy atom. The van der Waals surface area contributed by atoms with Crippen molar-refractivity contribution in [2.24, 2.45) is 7.05 Å². The van der Waals surface area contributed by atoms with E-state index < -0.39 is 0 Å². The Bertz CT molecular complexity index is 376. The Hall–Kier alpha value is -1.62. The van der Waals surface area contributed by atoms with Gasteiger partial charge in [0.25, 0.3) is 0 Å². The second-order valence-corrected chi connectivity index (χ2v) is 3.09. The smallest absolute Gasteiger partial charge is 0.122 e. The Balaban J connectivity index is 1.81. The van der Waals surface area contributed by atoms with Crippen LogP contribution in [0.5, 0.6) is 0 Å². The lowest BCUT2D eigenvalue weighted by Gasteiger charge is -2.02. The van der Waals surface area contributed by atoms with Crippen LogP contribution < -0.4 is 5.32 Å². The molecule has 5 heteroatoms. The molecule has 0 aliphatic carbocycles. The number of hydrogen-bond donors (Lipinski definition) is 2. The molecule has 0 saturated carbocycles. The van der Waals surface area contributed by atoms with Crippen molar-refractivity contribution in [3.8, 4) is 0 Å². The third-order valence-electron chi connectivity index (χ3n) is 2.05. The molecule has 74 valence electrons. The van der Waals surface area contributed by atoms with Crippen molar-refractivity contribution in [1.82, 2.24) is 24.8 Å². The highest BCUT2D eigenvalue weighted by atomic mass is 15.1. The molecule has 0 aliphatic rings. The maximum Gasteiger partial charge on any atom is 0.122 e. The van der Waals surface area contributed by atoms with Crippen molar-refractivity contribution in [2.75, 3.05) is 0 Å². The van der Waals surface area contributed by atoms with Crippen LogP contribution in [-0.4, -0.2) is 19.5 Å². The monoisotopic (exact) mass is 191 g/mol. The largest absolute Gasteiger partial charge is 0.348 e. The van der Waals surface area contributed by atoms with Crippen molar-refractivity contribution >= 4 is 0 Å². The van der Waals surface area contributed by atoms with E-state index in [1.54, 1.807) is 12.4 Å². The highest BCUT2D eigenvalue weighted by Gasteiger charge is 1.98. The van der Waals surface area contributed by atoms with Gasteiger partial charge in [-0.25, -0.2) is 9.97 Å². The van der Waals surface area contributed by atoms with E-state index in [9.17, 15) is 0 Å². The second kappa shape index (κ2) is 4.06. The van der Waals surface area contributed by atoms with Crippen molar-refractivity contribution in [1.29, 1.82) is 0 Å². The summed E-state index contributed by atoms with van der Waals surface area (Å²) in [5.41, 5.74) is 0. The molecule has 0 atom stereocenters. The van der Waals surface area contributed by atoms with E-state index in [1.807, 2.05) is 24.0 Å². The van der Waals surface area contributed by atoms with Gasteiger partial charge in [-0.05, 0) is 0 Å². The number of aromatic amines is 1. The van der Waals surface area contributed by atoms with Gasteiger partial charge in [0, 0.05) is 31.8 Å². The summed E-state index contributed by atoms with van der Waals surface area (Å²) in [7, 11) is 1.98. The predicted octanol–water partition coefficient (Wildman–Crippen LogP) is 0.433. The van der Waals surface area contributed by atoms with Crippen LogP contribution in [0.4, 0.5) is 0 Å². The molecule has 5 nitrogen and oxygen atoms in total. The van der Waals surface area contributed by atoms with Crippen molar-refractivity contribution in [3.05, 3.63) is 36.4 Å². The normalized spacial score (nSPS) is 10.6. The minimum atomic E-state index is 0.736. The van der Waals surface area contributed by atoms with Gasteiger partial charge in [0.2, 0.25) is 0 Å². The van der Waals surface area contributed by atoms with Crippen LogP contribution in [-0.2, 0) is 20.1 Å². The van der Waals surface area contributed by atoms with E-state index in [2.05, 4.69) is 20.3 Å². The Labute approximate surface area is 82.2 Å². The first-order valence-corrected chi connectivity index (χ1v) is 4.51. The van der Waals surface area contributed by atoms with Crippen LogP contribution >= 0.6 is 0 Å². The van der Waals surface area contributed by atoms with Gasteiger partial charge in [-0.2, -0.15) is 0 Å². The van der Waals surface area contributed by atoms with Gasteiger partial charge in [-0.3, -0.25) is 0 Å². The molecule has 0 unspecified atom stereocenters. The lowest BCUT2D eigenvalue weighted by atomic mass is 10.5. The number of hydrogen-bond acceptors (Lipinski definition) is 3. The SMILES string of the molecule is Cn1ccnc1CNCc1ncc[nH]1. The van der Waals surface area contributed by atoms with Crippen LogP contribution in [0.1, 0.15) is 11.6 Å². The van der Waals surface area contributed by atoms with E-state index in [4.69, 9.17) is 0 Å². The number of nitrogens with zero attached hydrogens (tertiary/aromatic N) is 3. The first kappa shape index (κ1) is 8.96. The molecule has 2 N–H and O–H groups in total. The van der Waals surface area contributed by atoms with E-state index in [-0.39, 0.29) is 0 Å². The zero-order valence-electron chi connectivity index (χ0n) is 8.07. The fraction of sp³-hybridized carbons (Fsp3) is 0.333. The maximum atomic E-state index is 4.20. The molecule has 0 saturated heterocycles. The number of aryl methyl sites for hydroxylation is 1. The van der Waals surface area contributed by atoms with Gasteiger partial charge in [-0.1, -0.05) is 0 Å². The molecule has 0 radical (unpaired) electrons. The third-order valence-corrected chi connectivity index (χ3v) is 2.05. The summed E-state index contributed by atoms with van der Waals surface area (Å²) < 4.78 is 2.00. The summed E-state index contributed by atoms with van der Waals surface area (Å²) in [6, 6.07) is 0. The number of H-pyrrole nitrogens is 1. The molecule has 2 aromatic rings. The summed E-state index contributed by atoms with van der Waals surface area (Å²) in [5, 5.41) is 3.25. The van der Waals surface area contributed by atoms with E-state index in [0.717, 1.165) is 24.7 Å². The molecule has 0 fully saturated rings. The minimum Gasteiger partial charge on any atom is -0.348 e. The molecule has 0 bridgehead atoms. The number of aromatic nitrogens is 4. The maximum absolute atomic E-state index is 4.20. The summed E-state index contributed by atoms with van der Waals surface area (Å²) in [4.78, 5) is 11.3. The second-order valence-electron chi connectivity index (χ2n) is 3.09. The van der Waals surface area contributed by atoms with Crippen molar-refractivity contribution < 1.29 is 0 Å². The first-order chi connectivity index (χ1) is 6.86. The van der Waals surface area contributed by atoms with Crippen LogP contribution in [0.3, 0.4) is 0 Å². The van der Waals surface area contributed by atoms with Gasteiger partial charge in [0.05, 0.1) is 13.1 Å². The molecule has 2 aromatic heterocycles. The number of imidazole rings is 2. The molecular weight excluding hydrogens is 178 g/mol. The van der Waals surface area contributed by atoms with Gasteiger partial charge >= 0.3 is 0 Å². The average Bonchev–Trinajstić information content (AvgIpc) is 2.78. The van der Waals surface area contributed by atoms with Gasteiger partial charge in [0.1, 0.15) is 11.6 Å². The first-order valence-electron chi connectivity index (χ1n) is 4.51. The molecule has 14 heavy (non-hydrogen) atoms. The molecule has 2 heterocycles. The topological polar surface area (TPSA) is 58.5 Å². The third kappa shape index (κ3) is 2.00. The minimum absolute atomic E-state index is 0.736. The van der Waals surface area contributed by atoms with E-state index in [1.165, 1.54) is 0 Å². The van der Waals surface area contributed by atoms with Crippen LogP contribution in [0.25, 0.3) is 0 Å². The quantitative estimate of drug-likeness (QED) is 0.737. The van der Waals surface area contributed by atoms with Gasteiger partial charge in [0.15, 0.2) is 0 Å². The fourth-order valence-electron chi connectivity index (χ4n) is 1.25. The Kier molecular flexibility index (Phi) is 2.60. The van der Waals surface area contributed by atoms with Crippen molar-refractivity contribution in [2.45, 2.75) is 13.1 Å². The lowest BCUT2D eigenvalue weighted by Crippen LogP contribution is -2.16. The Morgan fingerprint density at radius 3 is 2.93 bits per heavy atom. The lowest BCUT2D eigenvalue weighted by molar-refractivity contribution is 0.623. The zero-order valence-corrected chi connectivity index (χ0v) is 8.07. The molecular formula is C9H13N5. The molecule has 2 rings (SSSR count). The molecule has 0 aliphatic heterocycles.